The van der Waals surface area contributed by atoms with Crippen LogP contribution in [0.15, 0.2) is 54.6 Å². The number of fused-ring (bicyclic) bond motifs is 1. The quantitative estimate of drug-likeness (QED) is 0.889. The predicted molar refractivity (Wildman–Crippen MR) is 96.0 cm³/mol. The Morgan fingerprint density at radius 2 is 1.83 bits per heavy atom. The number of aryl methyl sites for hydroxylation is 1. The molecular formula is C20H24N2O2. The van der Waals surface area contributed by atoms with Crippen LogP contribution in [0.25, 0.3) is 0 Å². The van der Waals surface area contributed by atoms with Crippen LogP contribution >= 0.6 is 0 Å². The first-order chi connectivity index (χ1) is 11.8. The van der Waals surface area contributed by atoms with Crippen molar-refractivity contribution >= 4 is 11.6 Å². The molecule has 0 saturated carbocycles. The van der Waals surface area contributed by atoms with Gasteiger partial charge in [-0.1, -0.05) is 48.5 Å². The molecule has 0 radical (unpaired) electrons. The van der Waals surface area contributed by atoms with E-state index in [0.29, 0.717) is 6.54 Å². The molecule has 4 heteroatoms. The monoisotopic (exact) mass is 324 g/mol. The Morgan fingerprint density at radius 3 is 2.67 bits per heavy atom. The molecule has 24 heavy (non-hydrogen) atoms. The first-order valence-corrected chi connectivity index (χ1v) is 8.57. The van der Waals surface area contributed by atoms with Crippen molar-refractivity contribution in [1.82, 2.24) is 5.32 Å². The number of aliphatic hydroxyl groups is 1. The van der Waals surface area contributed by atoms with Crippen molar-refractivity contribution in [1.29, 1.82) is 0 Å². The molecule has 0 aromatic heterocycles. The summed E-state index contributed by atoms with van der Waals surface area (Å²) >= 11 is 0. The van der Waals surface area contributed by atoms with Crippen LogP contribution in [0.2, 0.25) is 0 Å². The van der Waals surface area contributed by atoms with Crippen LogP contribution < -0.4 is 10.2 Å². The topological polar surface area (TPSA) is 52.6 Å². The number of nitrogens with zero attached hydrogens (tertiary/aromatic N) is 1. The van der Waals surface area contributed by atoms with Crippen LogP contribution in [0.5, 0.6) is 0 Å². The van der Waals surface area contributed by atoms with Crippen LogP contribution in [0.1, 0.15) is 30.1 Å². The lowest BCUT2D eigenvalue weighted by atomic mass is 10.1. The average Bonchev–Trinajstić information content (AvgIpc) is 2.85. The number of hydrogen-bond donors (Lipinski definition) is 2. The minimum Gasteiger partial charge on any atom is -0.387 e. The van der Waals surface area contributed by atoms with Gasteiger partial charge in [-0.05, 0) is 36.5 Å². The fourth-order valence-corrected chi connectivity index (χ4v) is 3.15. The second-order valence-electron chi connectivity index (χ2n) is 6.19. The summed E-state index contributed by atoms with van der Waals surface area (Å²) in [4.78, 5) is 14.5. The van der Waals surface area contributed by atoms with E-state index in [9.17, 15) is 9.90 Å². The Bertz CT molecular complexity index is 672. The Morgan fingerprint density at radius 1 is 1.08 bits per heavy atom. The molecular weight excluding hydrogens is 300 g/mol. The average molecular weight is 324 g/mol. The van der Waals surface area contributed by atoms with Crippen molar-refractivity contribution in [3.05, 3.63) is 65.7 Å². The Kier molecular flexibility index (Phi) is 5.62. The summed E-state index contributed by atoms with van der Waals surface area (Å²) in [5, 5.41) is 13.2. The van der Waals surface area contributed by atoms with Crippen molar-refractivity contribution < 1.29 is 9.90 Å². The fraction of sp³-hybridized carbons (Fsp3) is 0.350. The maximum Gasteiger partial charge on any atom is 0.240 e. The number of hydrogen-bond acceptors (Lipinski definition) is 3. The molecule has 0 bridgehead atoms. The molecule has 1 amide bonds. The highest BCUT2D eigenvalue weighted by Crippen LogP contribution is 2.26. The van der Waals surface area contributed by atoms with Gasteiger partial charge in [0, 0.05) is 18.8 Å². The zero-order chi connectivity index (χ0) is 16.8. The molecule has 0 unspecified atom stereocenters. The summed E-state index contributed by atoms with van der Waals surface area (Å²) in [7, 11) is 0. The van der Waals surface area contributed by atoms with Gasteiger partial charge in [0.05, 0.1) is 12.6 Å². The normalized spacial score (nSPS) is 15.5. The summed E-state index contributed by atoms with van der Waals surface area (Å²) in [6.07, 6.45) is 2.56. The molecule has 0 saturated heterocycles. The SMILES string of the molecule is O=C(CNC[C@@H](O)c1ccccc1)N1CCCCc2ccccc21. The molecule has 2 aromatic rings. The lowest BCUT2D eigenvalue weighted by Gasteiger charge is -2.23. The lowest BCUT2D eigenvalue weighted by molar-refractivity contribution is -0.117. The summed E-state index contributed by atoms with van der Waals surface area (Å²) in [6.45, 7) is 1.36. The Hall–Kier alpha value is -2.17. The zero-order valence-electron chi connectivity index (χ0n) is 13.8. The van der Waals surface area contributed by atoms with Gasteiger partial charge in [0.25, 0.3) is 0 Å². The number of nitrogens with one attached hydrogen (secondary N) is 1. The number of anilines is 1. The molecule has 0 aliphatic carbocycles. The highest BCUT2D eigenvalue weighted by atomic mass is 16.3. The second-order valence-corrected chi connectivity index (χ2v) is 6.19. The zero-order valence-corrected chi connectivity index (χ0v) is 13.8. The van der Waals surface area contributed by atoms with Gasteiger partial charge in [0.2, 0.25) is 5.91 Å². The van der Waals surface area contributed by atoms with Gasteiger partial charge >= 0.3 is 0 Å². The smallest absolute Gasteiger partial charge is 0.240 e. The molecule has 1 atom stereocenters. The molecule has 4 nitrogen and oxygen atoms in total. The van der Waals surface area contributed by atoms with Crippen LogP contribution in [-0.4, -0.2) is 30.6 Å². The number of amides is 1. The third-order valence-electron chi connectivity index (χ3n) is 4.46. The van der Waals surface area contributed by atoms with E-state index in [1.54, 1.807) is 0 Å². The highest BCUT2D eigenvalue weighted by molar-refractivity contribution is 5.95. The predicted octanol–water partition coefficient (Wildman–Crippen LogP) is 2.68. The van der Waals surface area contributed by atoms with Gasteiger partial charge < -0.3 is 15.3 Å². The third-order valence-corrected chi connectivity index (χ3v) is 4.46. The van der Waals surface area contributed by atoms with Crippen LogP contribution in [0.4, 0.5) is 5.69 Å². The Labute approximate surface area is 143 Å². The molecule has 1 heterocycles. The summed E-state index contributed by atoms with van der Waals surface area (Å²) in [6, 6.07) is 17.6. The summed E-state index contributed by atoms with van der Waals surface area (Å²) < 4.78 is 0. The number of aliphatic hydroxyl groups excluding tert-OH is 1. The first-order valence-electron chi connectivity index (χ1n) is 8.57. The van der Waals surface area contributed by atoms with E-state index in [-0.39, 0.29) is 12.5 Å². The van der Waals surface area contributed by atoms with Crippen LogP contribution in [0.3, 0.4) is 0 Å². The Balaban J connectivity index is 1.57. The molecule has 2 aromatic carbocycles. The maximum atomic E-state index is 12.6. The van der Waals surface area contributed by atoms with E-state index >= 15 is 0 Å². The summed E-state index contributed by atoms with van der Waals surface area (Å²) in [5.41, 5.74) is 3.13. The largest absolute Gasteiger partial charge is 0.387 e. The van der Waals surface area contributed by atoms with Crippen molar-refractivity contribution in [2.75, 3.05) is 24.5 Å². The molecule has 3 rings (SSSR count). The number of para-hydroxylation sites is 1. The van der Waals surface area contributed by atoms with Crippen molar-refractivity contribution in [3.8, 4) is 0 Å². The first kappa shape index (κ1) is 16.7. The van der Waals surface area contributed by atoms with Crippen molar-refractivity contribution in [3.63, 3.8) is 0 Å². The van der Waals surface area contributed by atoms with Crippen molar-refractivity contribution in [2.24, 2.45) is 0 Å². The van der Waals surface area contributed by atoms with Crippen LogP contribution in [-0.2, 0) is 11.2 Å². The molecule has 126 valence electrons. The minimum atomic E-state index is -0.601. The number of carbonyl (C=O) groups excluding carboxylic acids is 1. The van der Waals surface area contributed by atoms with Gasteiger partial charge in [-0.3, -0.25) is 4.79 Å². The van der Waals surface area contributed by atoms with Gasteiger partial charge in [0.15, 0.2) is 0 Å². The summed E-state index contributed by atoms with van der Waals surface area (Å²) in [5.74, 6) is 0.0598. The van der Waals surface area contributed by atoms with Gasteiger partial charge in [-0.25, -0.2) is 0 Å². The van der Waals surface area contributed by atoms with E-state index in [1.807, 2.05) is 53.4 Å². The lowest BCUT2D eigenvalue weighted by Crippen LogP contribution is -2.40. The van der Waals surface area contributed by atoms with Gasteiger partial charge in [-0.15, -0.1) is 0 Å². The number of carbonyl (C=O) groups is 1. The van der Waals surface area contributed by atoms with E-state index in [2.05, 4.69) is 11.4 Å². The van der Waals surface area contributed by atoms with Crippen LogP contribution in [0, 0.1) is 0 Å². The molecule has 1 aliphatic rings. The van der Waals surface area contributed by atoms with E-state index in [4.69, 9.17) is 0 Å². The number of benzene rings is 2. The molecule has 0 fully saturated rings. The third kappa shape index (κ3) is 4.02. The minimum absolute atomic E-state index is 0.0598. The molecule has 0 spiro atoms. The number of rotatable bonds is 5. The van der Waals surface area contributed by atoms with Gasteiger partial charge in [0.1, 0.15) is 0 Å². The maximum absolute atomic E-state index is 12.6. The molecule has 2 N–H and O–H groups in total. The van der Waals surface area contributed by atoms with E-state index in [1.165, 1.54) is 5.56 Å². The molecule has 1 aliphatic heterocycles. The fourth-order valence-electron chi connectivity index (χ4n) is 3.15. The standard InChI is InChI=1S/C20H24N2O2/c23-19(17-10-2-1-3-11-17)14-21-15-20(24)22-13-7-6-9-16-8-4-5-12-18(16)22/h1-5,8,10-12,19,21,23H,6-7,9,13-15H2/t19-/m1/s1. The second kappa shape index (κ2) is 8.08. The van der Waals surface area contributed by atoms with Crippen molar-refractivity contribution in [2.45, 2.75) is 25.4 Å². The van der Waals surface area contributed by atoms with Gasteiger partial charge in [-0.2, -0.15) is 0 Å². The van der Waals surface area contributed by atoms with E-state index in [0.717, 1.165) is 37.1 Å². The van der Waals surface area contributed by atoms with E-state index < -0.39 is 6.10 Å². The highest BCUT2D eigenvalue weighted by Gasteiger charge is 2.20.